The molecule has 0 saturated carbocycles. The number of carboxylic acids is 1. The number of primary amides is 1. The molecule has 0 aliphatic heterocycles. The molecule has 0 aliphatic carbocycles. The quantitative estimate of drug-likeness (QED) is 0.606. The lowest BCUT2D eigenvalue weighted by molar-refractivity contribution is 0.0697. The van der Waals surface area contributed by atoms with Crippen LogP contribution in [0, 0.1) is 6.92 Å². The molecule has 7 nitrogen and oxygen atoms in total. The summed E-state index contributed by atoms with van der Waals surface area (Å²) in [5, 5.41) is 14.0. The second-order valence-corrected chi connectivity index (χ2v) is 2.27. The van der Waals surface area contributed by atoms with Crippen molar-refractivity contribution in [2.45, 2.75) is 6.92 Å². The molecule has 7 heteroatoms. The van der Waals surface area contributed by atoms with Gasteiger partial charge in [-0.2, -0.15) is 0 Å². The zero-order chi connectivity index (χ0) is 10.0. The number of carbonyl (C=O) groups is 2. The van der Waals surface area contributed by atoms with Crippen molar-refractivity contribution < 1.29 is 19.2 Å². The minimum atomic E-state index is -1.23. The number of urea groups is 1. The highest BCUT2D eigenvalue weighted by atomic mass is 16.5. The molecule has 0 atom stereocenters. The second-order valence-electron chi connectivity index (χ2n) is 2.27. The lowest BCUT2D eigenvalue weighted by atomic mass is 10.2. The van der Waals surface area contributed by atoms with Crippen molar-refractivity contribution in [1.29, 1.82) is 0 Å². The fourth-order valence-electron chi connectivity index (χ4n) is 0.819. The van der Waals surface area contributed by atoms with Gasteiger partial charge in [-0.3, -0.25) is 5.32 Å². The first-order chi connectivity index (χ1) is 6.02. The second kappa shape index (κ2) is 3.13. The molecule has 0 aliphatic rings. The Bertz CT molecular complexity index is 357. The molecule has 2 amide bonds. The van der Waals surface area contributed by atoms with Gasteiger partial charge in [-0.25, -0.2) is 9.59 Å². The molecule has 0 saturated heterocycles. The maximum absolute atomic E-state index is 10.6. The van der Waals surface area contributed by atoms with E-state index in [2.05, 4.69) is 9.68 Å². The minimum Gasteiger partial charge on any atom is -0.477 e. The molecule has 70 valence electrons. The Kier molecular flexibility index (Phi) is 2.18. The van der Waals surface area contributed by atoms with Crippen LogP contribution in [-0.4, -0.2) is 22.3 Å². The molecule has 0 unspecified atom stereocenters. The molecule has 1 heterocycles. The Morgan fingerprint density at radius 2 is 2.23 bits per heavy atom. The van der Waals surface area contributed by atoms with Crippen molar-refractivity contribution in [2.75, 3.05) is 5.32 Å². The van der Waals surface area contributed by atoms with E-state index in [-0.39, 0.29) is 17.1 Å². The number of nitrogens with two attached hydrogens (primary N) is 1. The van der Waals surface area contributed by atoms with Crippen LogP contribution in [0.3, 0.4) is 0 Å². The number of aryl methyl sites for hydroxylation is 1. The van der Waals surface area contributed by atoms with Gasteiger partial charge in [0.2, 0.25) is 5.88 Å². The number of carbonyl (C=O) groups excluding carboxylic acids is 1. The van der Waals surface area contributed by atoms with E-state index in [1.54, 1.807) is 0 Å². The number of nitrogens with zero attached hydrogens (tertiary/aromatic N) is 1. The summed E-state index contributed by atoms with van der Waals surface area (Å²) in [4.78, 5) is 21.0. The van der Waals surface area contributed by atoms with E-state index in [1.807, 2.05) is 5.32 Å². The number of nitrogens with one attached hydrogen (secondary N) is 1. The molecule has 0 spiro atoms. The number of anilines is 1. The standard InChI is InChI=1S/C6H7N3O4/c1-2-3(5(10)11)4(13-9-2)8-6(7)12/h1H3,(H,10,11)(H3,7,8,12). The van der Waals surface area contributed by atoms with Crippen LogP contribution in [-0.2, 0) is 0 Å². The van der Waals surface area contributed by atoms with Crippen LogP contribution >= 0.6 is 0 Å². The van der Waals surface area contributed by atoms with Crippen molar-refractivity contribution in [2.24, 2.45) is 5.73 Å². The first-order valence-corrected chi connectivity index (χ1v) is 3.28. The summed E-state index contributed by atoms with van der Waals surface area (Å²) < 4.78 is 4.52. The topological polar surface area (TPSA) is 118 Å². The van der Waals surface area contributed by atoms with Gasteiger partial charge in [0.1, 0.15) is 5.56 Å². The van der Waals surface area contributed by atoms with Crippen molar-refractivity contribution in [3.05, 3.63) is 11.3 Å². The van der Waals surface area contributed by atoms with Crippen LogP contribution in [0.4, 0.5) is 10.7 Å². The Labute approximate surface area is 72.5 Å². The maximum Gasteiger partial charge on any atom is 0.343 e. The number of carboxylic acid groups (broad SMARTS) is 1. The maximum atomic E-state index is 10.6. The van der Waals surface area contributed by atoms with E-state index in [1.165, 1.54) is 6.92 Å². The number of rotatable bonds is 2. The number of amides is 2. The first kappa shape index (κ1) is 9.04. The fourth-order valence-corrected chi connectivity index (χ4v) is 0.819. The van der Waals surface area contributed by atoms with Gasteiger partial charge >= 0.3 is 12.0 Å². The van der Waals surface area contributed by atoms with Crippen molar-refractivity contribution in [3.8, 4) is 0 Å². The molecule has 0 bridgehead atoms. The normalized spacial score (nSPS) is 9.62. The number of hydrogen-bond donors (Lipinski definition) is 3. The Morgan fingerprint density at radius 3 is 2.69 bits per heavy atom. The van der Waals surface area contributed by atoms with Gasteiger partial charge in [0.05, 0.1) is 5.69 Å². The van der Waals surface area contributed by atoms with Gasteiger partial charge < -0.3 is 15.4 Å². The fraction of sp³-hybridized carbons (Fsp3) is 0.167. The summed E-state index contributed by atoms with van der Waals surface area (Å²) in [6.45, 7) is 1.44. The Morgan fingerprint density at radius 1 is 1.62 bits per heavy atom. The van der Waals surface area contributed by atoms with Crippen molar-refractivity contribution in [3.63, 3.8) is 0 Å². The zero-order valence-electron chi connectivity index (χ0n) is 6.70. The van der Waals surface area contributed by atoms with Crippen LogP contribution in [0.25, 0.3) is 0 Å². The van der Waals surface area contributed by atoms with Gasteiger partial charge in [-0.15, -0.1) is 0 Å². The lowest BCUT2D eigenvalue weighted by Gasteiger charge is -1.95. The third-order valence-corrected chi connectivity index (χ3v) is 1.31. The van der Waals surface area contributed by atoms with Crippen LogP contribution in [0.5, 0.6) is 0 Å². The highest BCUT2D eigenvalue weighted by Gasteiger charge is 2.20. The van der Waals surface area contributed by atoms with E-state index >= 15 is 0 Å². The Hall–Kier alpha value is -2.05. The number of aromatic carboxylic acids is 1. The Balaban J connectivity index is 3.07. The largest absolute Gasteiger partial charge is 0.477 e. The van der Waals surface area contributed by atoms with Gasteiger partial charge in [-0.1, -0.05) is 5.16 Å². The van der Waals surface area contributed by atoms with E-state index in [4.69, 9.17) is 10.8 Å². The SMILES string of the molecule is Cc1noc(NC(N)=O)c1C(=O)O. The summed E-state index contributed by atoms with van der Waals surface area (Å²) in [5.74, 6) is -1.49. The molecule has 0 radical (unpaired) electrons. The van der Waals surface area contributed by atoms with E-state index < -0.39 is 12.0 Å². The molecule has 0 fully saturated rings. The highest BCUT2D eigenvalue weighted by molar-refractivity contribution is 5.98. The molecule has 1 aromatic heterocycles. The van der Waals surface area contributed by atoms with Crippen LogP contribution in [0.15, 0.2) is 4.52 Å². The average Bonchev–Trinajstić information content (AvgIpc) is 2.30. The summed E-state index contributed by atoms with van der Waals surface area (Å²) in [6, 6.07) is -0.904. The smallest absolute Gasteiger partial charge is 0.343 e. The lowest BCUT2D eigenvalue weighted by Crippen LogP contribution is -2.20. The van der Waals surface area contributed by atoms with Gasteiger partial charge in [-0.05, 0) is 6.92 Å². The number of hydrogen-bond acceptors (Lipinski definition) is 4. The molecule has 4 N–H and O–H groups in total. The monoisotopic (exact) mass is 185 g/mol. The summed E-state index contributed by atoms with van der Waals surface area (Å²) in [6.07, 6.45) is 0. The van der Waals surface area contributed by atoms with Crippen LogP contribution < -0.4 is 11.1 Å². The minimum absolute atomic E-state index is 0.177. The van der Waals surface area contributed by atoms with Gasteiger partial charge in [0, 0.05) is 0 Å². The molecule has 1 aromatic rings. The number of aromatic nitrogens is 1. The molecular weight excluding hydrogens is 178 g/mol. The summed E-state index contributed by atoms with van der Waals surface area (Å²) >= 11 is 0. The molecule has 1 rings (SSSR count). The molecular formula is C6H7N3O4. The highest BCUT2D eigenvalue weighted by Crippen LogP contribution is 2.18. The third kappa shape index (κ3) is 1.75. The van der Waals surface area contributed by atoms with Crippen LogP contribution in [0.2, 0.25) is 0 Å². The van der Waals surface area contributed by atoms with Gasteiger partial charge in [0.15, 0.2) is 0 Å². The van der Waals surface area contributed by atoms with Crippen molar-refractivity contribution >= 4 is 17.9 Å². The van der Waals surface area contributed by atoms with Gasteiger partial charge in [0.25, 0.3) is 0 Å². The summed E-state index contributed by atoms with van der Waals surface area (Å²) in [5.41, 5.74) is 4.75. The summed E-state index contributed by atoms with van der Waals surface area (Å²) in [7, 11) is 0. The molecule has 13 heavy (non-hydrogen) atoms. The van der Waals surface area contributed by atoms with E-state index in [0.29, 0.717) is 0 Å². The molecule has 0 aromatic carbocycles. The average molecular weight is 185 g/mol. The predicted molar refractivity (Wildman–Crippen MR) is 41.4 cm³/mol. The van der Waals surface area contributed by atoms with E-state index in [0.717, 1.165) is 0 Å². The first-order valence-electron chi connectivity index (χ1n) is 3.28. The van der Waals surface area contributed by atoms with E-state index in [9.17, 15) is 9.59 Å². The predicted octanol–water partition coefficient (Wildman–Crippen LogP) is 0.172. The van der Waals surface area contributed by atoms with Crippen LogP contribution in [0.1, 0.15) is 16.1 Å². The zero-order valence-corrected chi connectivity index (χ0v) is 6.70. The third-order valence-electron chi connectivity index (χ3n) is 1.31. The van der Waals surface area contributed by atoms with Crippen molar-refractivity contribution in [1.82, 2.24) is 5.16 Å².